The first kappa shape index (κ1) is 13.7. The Morgan fingerprint density at radius 2 is 2.00 bits per heavy atom. The number of carbonyl (C=O) groups is 1. The standard InChI is InChI=1S/C14H18O5/c1-4-9-13-8(7-12(19-9)14(15)16)10(17-2)5-6-11(13)18-3/h5-6,9,12H,4,7H2,1-3H3,(H,15,16). The van der Waals surface area contributed by atoms with Crippen LogP contribution in [0.2, 0.25) is 0 Å². The van der Waals surface area contributed by atoms with Crippen LogP contribution in [0.25, 0.3) is 0 Å². The summed E-state index contributed by atoms with van der Waals surface area (Å²) in [6, 6.07) is 3.62. The Morgan fingerprint density at radius 3 is 2.53 bits per heavy atom. The van der Waals surface area contributed by atoms with E-state index in [1.165, 1.54) is 0 Å². The zero-order chi connectivity index (χ0) is 14.0. The lowest BCUT2D eigenvalue weighted by atomic mass is 9.91. The van der Waals surface area contributed by atoms with Gasteiger partial charge in [0, 0.05) is 17.5 Å². The maximum atomic E-state index is 11.2. The maximum Gasteiger partial charge on any atom is 0.333 e. The summed E-state index contributed by atoms with van der Waals surface area (Å²) in [5, 5.41) is 9.17. The highest BCUT2D eigenvalue weighted by molar-refractivity contribution is 5.74. The molecule has 0 amide bonds. The van der Waals surface area contributed by atoms with Gasteiger partial charge in [-0.1, -0.05) is 6.92 Å². The minimum atomic E-state index is -0.950. The summed E-state index contributed by atoms with van der Waals surface area (Å²) in [6.07, 6.45) is -0.143. The van der Waals surface area contributed by atoms with Crippen molar-refractivity contribution in [1.29, 1.82) is 0 Å². The summed E-state index contributed by atoms with van der Waals surface area (Å²) in [7, 11) is 3.17. The van der Waals surface area contributed by atoms with Crippen molar-refractivity contribution in [1.82, 2.24) is 0 Å². The van der Waals surface area contributed by atoms with E-state index >= 15 is 0 Å². The third kappa shape index (κ3) is 2.38. The molecule has 2 unspecified atom stereocenters. The molecule has 1 aliphatic rings. The lowest BCUT2D eigenvalue weighted by Gasteiger charge is -2.31. The summed E-state index contributed by atoms with van der Waals surface area (Å²) in [5.74, 6) is 0.448. The highest BCUT2D eigenvalue weighted by Crippen LogP contribution is 2.42. The Labute approximate surface area is 112 Å². The highest BCUT2D eigenvalue weighted by Gasteiger charge is 2.35. The Morgan fingerprint density at radius 1 is 1.37 bits per heavy atom. The molecule has 5 heteroatoms. The van der Waals surface area contributed by atoms with Gasteiger partial charge in [-0.25, -0.2) is 4.79 Å². The van der Waals surface area contributed by atoms with Gasteiger partial charge in [-0.05, 0) is 18.6 Å². The Bertz CT molecular complexity index is 483. The van der Waals surface area contributed by atoms with Crippen molar-refractivity contribution in [3.63, 3.8) is 0 Å². The van der Waals surface area contributed by atoms with Crippen molar-refractivity contribution in [2.24, 2.45) is 0 Å². The van der Waals surface area contributed by atoms with Gasteiger partial charge < -0.3 is 19.3 Å². The van der Waals surface area contributed by atoms with Crippen LogP contribution < -0.4 is 9.47 Å². The third-order valence-corrected chi connectivity index (χ3v) is 3.40. The molecule has 5 nitrogen and oxygen atoms in total. The van der Waals surface area contributed by atoms with Crippen LogP contribution in [0.1, 0.15) is 30.6 Å². The molecule has 1 aromatic carbocycles. The molecule has 0 bridgehead atoms. The predicted molar refractivity (Wildman–Crippen MR) is 68.8 cm³/mol. The monoisotopic (exact) mass is 266 g/mol. The summed E-state index contributed by atoms with van der Waals surface area (Å²) in [6.45, 7) is 1.96. The zero-order valence-electron chi connectivity index (χ0n) is 11.3. The Kier molecular flexibility index (Phi) is 3.95. The summed E-state index contributed by atoms with van der Waals surface area (Å²) in [4.78, 5) is 11.2. The van der Waals surface area contributed by atoms with Gasteiger partial charge in [-0.2, -0.15) is 0 Å². The van der Waals surface area contributed by atoms with Crippen molar-refractivity contribution in [3.8, 4) is 11.5 Å². The molecule has 2 rings (SSSR count). The number of hydrogen-bond acceptors (Lipinski definition) is 4. The summed E-state index contributed by atoms with van der Waals surface area (Å²) in [5.41, 5.74) is 1.77. The van der Waals surface area contributed by atoms with Gasteiger partial charge in [0.15, 0.2) is 6.10 Å². The van der Waals surface area contributed by atoms with Crippen LogP contribution in [0.5, 0.6) is 11.5 Å². The fourth-order valence-corrected chi connectivity index (χ4v) is 2.50. The molecular weight excluding hydrogens is 248 g/mol. The van der Waals surface area contributed by atoms with E-state index in [0.29, 0.717) is 24.3 Å². The number of hydrogen-bond donors (Lipinski definition) is 1. The zero-order valence-corrected chi connectivity index (χ0v) is 11.3. The van der Waals surface area contributed by atoms with Gasteiger partial charge >= 0.3 is 5.97 Å². The van der Waals surface area contributed by atoms with E-state index in [2.05, 4.69) is 0 Å². The smallest absolute Gasteiger partial charge is 0.333 e. The van der Waals surface area contributed by atoms with E-state index in [9.17, 15) is 9.90 Å². The van der Waals surface area contributed by atoms with Crippen LogP contribution >= 0.6 is 0 Å². The maximum absolute atomic E-state index is 11.2. The first-order chi connectivity index (χ1) is 9.12. The van der Waals surface area contributed by atoms with E-state index < -0.39 is 12.1 Å². The van der Waals surface area contributed by atoms with Gasteiger partial charge in [0.2, 0.25) is 0 Å². The second kappa shape index (κ2) is 5.48. The van der Waals surface area contributed by atoms with Crippen molar-refractivity contribution in [3.05, 3.63) is 23.3 Å². The number of carboxylic acid groups (broad SMARTS) is 1. The Balaban J connectivity index is 2.55. The minimum absolute atomic E-state index is 0.283. The quantitative estimate of drug-likeness (QED) is 0.904. The number of ether oxygens (including phenoxy) is 3. The van der Waals surface area contributed by atoms with Crippen LogP contribution in [0, 0.1) is 0 Å². The van der Waals surface area contributed by atoms with Gasteiger partial charge in [0.25, 0.3) is 0 Å². The average molecular weight is 266 g/mol. The molecule has 19 heavy (non-hydrogen) atoms. The largest absolute Gasteiger partial charge is 0.496 e. The van der Waals surface area contributed by atoms with E-state index in [4.69, 9.17) is 14.2 Å². The number of aliphatic carboxylic acids is 1. The van der Waals surface area contributed by atoms with Crippen LogP contribution in [0.3, 0.4) is 0 Å². The Hall–Kier alpha value is -1.75. The van der Waals surface area contributed by atoms with Crippen LogP contribution in [-0.4, -0.2) is 31.4 Å². The molecule has 0 spiro atoms. The molecule has 1 aromatic rings. The van der Waals surface area contributed by atoms with Crippen LogP contribution in [0.4, 0.5) is 0 Å². The fraction of sp³-hybridized carbons (Fsp3) is 0.500. The molecule has 0 radical (unpaired) electrons. The molecule has 0 saturated heterocycles. The van der Waals surface area contributed by atoms with Crippen LogP contribution in [-0.2, 0) is 16.0 Å². The number of fused-ring (bicyclic) bond motifs is 1. The molecule has 0 saturated carbocycles. The van der Waals surface area contributed by atoms with Gasteiger partial charge in [-0.3, -0.25) is 0 Å². The first-order valence-corrected chi connectivity index (χ1v) is 6.24. The second-order valence-electron chi connectivity index (χ2n) is 4.43. The highest BCUT2D eigenvalue weighted by atomic mass is 16.5. The molecule has 1 N–H and O–H groups in total. The molecule has 1 aliphatic heterocycles. The van der Waals surface area contributed by atoms with Crippen molar-refractivity contribution >= 4 is 5.97 Å². The fourth-order valence-electron chi connectivity index (χ4n) is 2.50. The predicted octanol–water partition coefficient (Wildman–Crippen LogP) is 2.18. The average Bonchev–Trinajstić information content (AvgIpc) is 2.44. The van der Waals surface area contributed by atoms with Crippen molar-refractivity contribution in [2.45, 2.75) is 32.0 Å². The van der Waals surface area contributed by atoms with E-state index in [0.717, 1.165) is 11.1 Å². The number of rotatable bonds is 4. The summed E-state index contributed by atoms with van der Waals surface area (Å²) >= 11 is 0. The molecule has 0 fully saturated rings. The number of carboxylic acids is 1. The molecular formula is C14H18O5. The van der Waals surface area contributed by atoms with Crippen LogP contribution in [0.15, 0.2) is 12.1 Å². The van der Waals surface area contributed by atoms with E-state index in [-0.39, 0.29) is 6.10 Å². The van der Waals surface area contributed by atoms with Crippen molar-refractivity contribution < 1.29 is 24.1 Å². The number of benzene rings is 1. The minimum Gasteiger partial charge on any atom is -0.496 e. The van der Waals surface area contributed by atoms with E-state index in [1.54, 1.807) is 20.3 Å². The first-order valence-electron chi connectivity index (χ1n) is 6.24. The summed E-state index contributed by atoms with van der Waals surface area (Å²) < 4.78 is 16.3. The van der Waals surface area contributed by atoms with Gasteiger partial charge in [0.1, 0.15) is 11.5 Å². The number of methoxy groups -OCH3 is 2. The third-order valence-electron chi connectivity index (χ3n) is 3.40. The molecule has 0 aliphatic carbocycles. The topological polar surface area (TPSA) is 65.0 Å². The second-order valence-corrected chi connectivity index (χ2v) is 4.43. The molecule has 104 valence electrons. The molecule has 0 aromatic heterocycles. The van der Waals surface area contributed by atoms with Gasteiger partial charge in [0.05, 0.1) is 20.3 Å². The lowest BCUT2D eigenvalue weighted by Crippen LogP contribution is -2.33. The SMILES string of the molecule is CCC1OC(C(=O)O)Cc2c(OC)ccc(OC)c21. The molecule has 1 heterocycles. The molecule has 2 atom stereocenters. The van der Waals surface area contributed by atoms with E-state index in [1.807, 2.05) is 13.0 Å². The van der Waals surface area contributed by atoms with Crippen molar-refractivity contribution in [2.75, 3.05) is 14.2 Å². The lowest BCUT2D eigenvalue weighted by molar-refractivity contribution is -0.156. The van der Waals surface area contributed by atoms with Gasteiger partial charge in [-0.15, -0.1) is 0 Å². The normalized spacial score (nSPS) is 21.6.